The molecule has 0 aliphatic rings. The Kier molecular flexibility index (Phi) is 5.23. The maximum atomic E-state index is 5.93. The summed E-state index contributed by atoms with van der Waals surface area (Å²) in [6, 6.07) is 8.85. The van der Waals surface area contributed by atoms with E-state index in [1.807, 2.05) is 11.3 Å². The quantitative estimate of drug-likeness (QED) is 0.803. The largest absolute Gasteiger partial charge is 0.464 e. The number of hydrogen-bond acceptors (Lipinski definition) is 3. The lowest BCUT2D eigenvalue weighted by molar-refractivity contribution is 0.424. The van der Waals surface area contributed by atoms with E-state index in [9.17, 15) is 0 Å². The summed E-state index contributed by atoms with van der Waals surface area (Å²) in [7, 11) is 0. The van der Waals surface area contributed by atoms with Crippen molar-refractivity contribution < 1.29 is 4.42 Å². The Morgan fingerprint density at radius 3 is 2.53 bits per heavy atom. The lowest BCUT2D eigenvalue weighted by atomic mass is 10.2. The summed E-state index contributed by atoms with van der Waals surface area (Å²) in [5, 5.41) is 3.59. The molecule has 0 amide bonds. The van der Waals surface area contributed by atoms with Crippen LogP contribution in [0.1, 0.15) is 54.5 Å². The number of nitrogens with one attached hydrogen (secondary N) is 1. The molecule has 0 saturated heterocycles. The van der Waals surface area contributed by atoms with E-state index >= 15 is 0 Å². The number of thiophene rings is 1. The van der Waals surface area contributed by atoms with Crippen molar-refractivity contribution in [3.05, 3.63) is 45.5 Å². The zero-order valence-corrected chi connectivity index (χ0v) is 12.8. The van der Waals surface area contributed by atoms with Crippen LogP contribution in [0.5, 0.6) is 0 Å². The maximum absolute atomic E-state index is 5.93. The Balaban J connectivity index is 2.23. The highest BCUT2D eigenvalue weighted by Gasteiger charge is 2.18. The molecule has 2 aromatic rings. The van der Waals surface area contributed by atoms with Crippen LogP contribution in [0.15, 0.2) is 28.7 Å². The van der Waals surface area contributed by atoms with Gasteiger partial charge < -0.3 is 9.73 Å². The predicted octanol–water partition coefficient (Wildman–Crippen LogP) is 4.55. The smallest absolute Gasteiger partial charge is 0.126 e. The van der Waals surface area contributed by atoms with Crippen LogP contribution in [0.25, 0.3) is 0 Å². The van der Waals surface area contributed by atoms with Gasteiger partial charge in [-0.2, -0.15) is 0 Å². The van der Waals surface area contributed by atoms with E-state index in [4.69, 9.17) is 4.42 Å². The summed E-state index contributed by atoms with van der Waals surface area (Å²) in [6.07, 6.45) is 3.18. The highest BCUT2D eigenvalue weighted by molar-refractivity contribution is 7.12. The van der Waals surface area contributed by atoms with Crippen molar-refractivity contribution in [3.8, 4) is 0 Å². The van der Waals surface area contributed by atoms with Crippen molar-refractivity contribution in [2.24, 2.45) is 0 Å². The lowest BCUT2D eigenvalue weighted by Gasteiger charge is -2.14. The van der Waals surface area contributed by atoms with E-state index in [2.05, 4.69) is 50.4 Å². The molecule has 1 N–H and O–H groups in total. The topological polar surface area (TPSA) is 25.2 Å². The van der Waals surface area contributed by atoms with Gasteiger partial charge >= 0.3 is 0 Å². The van der Waals surface area contributed by atoms with Crippen LogP contribution < -0.4 is 5.32 Å². The van der Waals surface area contributed by atoms with Crippen molar-refractivity contribution in [3.63, 3.8) is 0 Å². The molecule has 0 aliphatic heterocycles. The highest BCUT2D eigenvalue weighted by Crippen LogP contribution is 2.30. The third kappa shape index (κ3) is 3.48. The molecule has 2 aromatic heterocycles. The molecule has 104 valence electrons. The Morgan fingerprint density at radius 2 is 1.95 bits per heavy atom. The zero-order chi connectivity index (χ0) is 13.7. The first-order chi connectivity index (χ1) is 9.28. The van der Waals surface area contributed by atoms with E-state index < -0.39 is 0 Å². The second kappa shape index (κ2) is 6.92. The van der Waals surface area contributed by atoms with Gasteiger partial charge in [-0.25, -0.2) is 0 Å². The van der Waals surface area contributed by atoms with Gasteiger partial charge in [-0.05, 0) is 43.7 Å². The molecule has 0 saturated carbocycles. The molecule has 2 heterocycles. The standard InChI is InChI=1S/C16H23NOS/c1-4-11-17-16(14-9-7-12(5-2)18-14)15-10-8-13(6-3)19-15/h7-10,16-17H,4-6,11H2,1-3H3. The molecule has 2 rings (SSSR count). The number of hydrogen-bond donors (Lipinski definition) is 1. The fourth-order valence-corrected chi connectivity index (χ4v) is 3.15. The summed E-state index contributed by atoms with van der Waals surface area (Å²) >= 11 is 1.88. The van der Waals surface area contributed by atoms with Crippen molar-refractivity contribution >= 4 is 11.3 Å². The van der Waals surface area contributed by atoms with Gasteiger partial charge in [-0.15, -0.1) is 11.3 Å². The van der Waals surface area contributed by atoms with Crippen LogP contribution in [0.2, 0.25) is 0 Å². The lowest BCUT2D eigenvalue weighted by Crippen LogP contribution is -2.21. The fraction of sp³-hybridized carbons (Fsp3) is 0.500. The van der Waals surface area contributed by atoms with Gasteiger partial charge in [0.15, 0.2) is 0 Å². The SMILES string of the molecule is CCCNC(c1ccc(CC)o1)c1ccc(CC)s1. The van der Waals surface area contributed by atoms with Crippen LogP contribution in [0, 0.1) is 0 Å². The predicted molar refractivity (Wildman–Crippen MR) is 81.9 cm³/mol. The second-order valence-corrected chi connectivity index (χ2v) is 5.90. The van der Waals surface area contributed by atoms with E-state index in [0.717, 1.165) is 37.3 Å². The third-order valence-corrected chi connectivity index (χ3v) is 4.52. The van der Waals surface area contributed by atoms with Gasteiger partial charge in [0.25, 0.3) is 0 Å². The fourth-order valence-electron chi connectivity index (χ4n) is 2.11. The summed E-state index contributed by atoms with van der Waals surface area (Å²) in [5.41, 5.74) is 0. The third-order valence-electron chi connectivity index (χ3n) is 3.23. The van der Waals surface area contributed by atoms with Gasteiger partial charge in [0.2, 0.25) is 0 Å². The first-order valence-corrected chi connectivity index (χ1v) is 8.00. The molecule has 0 aliphatic carbocycles. The van der Waals surface area contributed by atoms with Crippen LogP contribution in [0.3, 0.4) is 0 Å². The number of furan rings is 1. The van der Waals surface area contributed by atoms with Crippen molar-refractivity contribution in [2.45, 2.75) is 46.1 Å². The summed E-state index contributed by atoms with van der Waals surface area (Å²) in [4.78, 5) is 2.78. The first-order valence-electron chi connectivity index (χ1n) is 7.19. The Morgan fingerprint density at radius 1 is 1.11 bits per heavy atom. The minimum Gasteiger partial charge on any atom is -0.464 e. The molecule has 0 bridgehead atoms. The number of aryl methyl sites for hydroxylation is 2. The normalized spacial score (nSPS) is 12.8. The number of rotatable bonds is 7. The van der Waals surface area contributed by atoms with Gasteiger partial charge in [0.1, 0.15) is 17.6 Å². The molecule has 0 fully saturated rings. The second-order valence-electron chi connectivity index (χ2n) is 4.70. The Bertz CT molecular complexity index is 458. The molecule has 19 heavy (non-hydrogen) atoms. The molecule has 2 nitrogen and oxygen atoms in total. The molecule has 0 spiro atoms. The van der Waals surface area contributed by atoms with Crippen molar-refractivity contribution in [1.29, 1.82) is 0 Å². The van der Waals surface area contributed by atoms with Crippen LogP contribution >= 0.6 is 11.3 Å². The molecular weight excluding hydrogens is 254 g/mol. The molecular formula is C16H23NOS. The van der Waals surface area contributed by atoms with Gasteiger partial charge in [0.05, 0.1) is 0 Å². The van der Waals surface area contributed by atoms with E-state index in [-0.39, 0.29) is 6.04 Å². The minimum atomic E-state index is 0.200. The van der Waals surface area contributed by atoms with E-state index in [0.29, 0.717) is 0 Å². The monoisotopic (exact) mass is 277 g/mol. The van der Waals surface area contributed by atoms with Crippen molar-refractivity contribution in [2.75, 3.05) is 6.54 Å². The average Bonchev–Trinajstić information content (AvgIpc) is 3.08. The minimum absolute atomic E-state index is 0.200. The van der Waals surface area contributed by atoms with Crippen molar-refractivity contribution in [1.82, 2.24) is 5.32 Å². The highest BCUT2D eigenvalue weighted by atomic mass is 32.1. The molecule has 1 atom stereocenters. The molecule has 0 radical (unpaired) electrons. The van der Waals surface area contributed by atoms with E-state index in [1.165, 1.54) is 9.75 Å². The van der Waals surface area contributed by atoms with Gasteiger partial charge in [-0.3, -0.25) is 0 Å². The maximum Gasteiger partial charge on any atom is 0.126 e. The van der Waals surface area contributed by atoms with Gasteiger partial charge in [0, 0.05) is 16.2 Å². The average molecular weight is 277 g/mol. The summed E-state index contributed by atoms with van der Waals surface area (Å²) in [5.74, 6) is 2.10. The molecule has 0 aromatic carbocycles. The Hall–Kier alpha value is -1.06. The van der Waals surface area contributed by atoms with E-state index in [1.54, 1.807) is 0 Å². The van der Waals surface area contributed by atoms with Crippen LogP contribution in [0.4, 0.5) is 0 Å². The first kappa shape index (κ1) is 14.4. The van der Waals surface area contributed by atoms with Crippen LogP contribution in [-0.4, -0.2) is 6.54 Å². The zero-order valence-electron chi connectivity index (χ0n) is 12.0. The molecule has 1 unspecified atom stereocenters. The summed E-state index contributed by atoms with van der Waals surface area (Å²) in [6.45, 7) is 7.52. The van der Waals surface area contributed by atoms with Crippen LogP contribution in [-0.2, 0) is 12.8 Å². The van der Waals surface area contributed by atoms with Gasteiger partial charge in [-0.1, -0.05) is 20.8 Å². The summed E-state index contributed by atoms with van der Waals surface area (Å²) < 4.78 is 5.93. The molecule has 3 heteroatoms. The Labute approximate surface area is 119 Å².